The van der Waals surface area contributed by atoms with Crippen molar-refractivity contribution in [3.63, 3.8) is 0 Å². The van der Waals surface area contributed by atoms with Crippen molar-refractivity contribution in [2.24, 2.45) is 5.84 Å². The first-order valence-electron chi connectivity index (χ1n) is 5.34. The smallest absolute Gasteiger partial charge is 0.0727 e. The molecule has 0 saturated heterocycles. The molecule has 2 rings (SSSR count). The number of rotatable bonds is 3. The molecule has 88 valence electrons. The van der Waals surface area contributed by atoms with Crippen LogP contribution in [-0.4, -0.2) is 4.98 Å². The van der Waals surface area contributed by atoms with Crippen LogP contribution in [0.2, 0.25) is 0 Å². The molecule has 0 aliphatic heterocycles. The number of halogens is 1. The lowest BCUT2D eigenvalue weighted by molar-refractivity contribution is 0.631. The van der Waals surface area contributed by atoms with E-state index in [0.29, 0.717) is 0 Å². The van der Waals surface area contributed by atoms with E-state index in [2.05, 4.69) is 33.3 Å². The zero-order valence-electron chi connectivity index (χ0n) is 9.52. The van der Waals surface area contributed by atoms with Gasteiger partial charge in [0.25, 0.3) is 0 Å². The highest BCUT2D eigenvalue weighted by atomic mass is 79.9. The van der Waals surface area contributed by atoms with Gasteiger partial charge < -0.3 is 0 Å². The van der Waals surface area contributed by atoms with Gasteiger partial charge >= 0.3 is 0 Å². The third kappa shape index (κ3) is 2.72. The predicted molar refractivity (Wildman–Crippen MR) is 72.3 cm³/mol. The summed E-state index contributed by atoms with van der Waals surface area (Å²) in [5, 5.41) is 0. The van der Waals surface area contributed by atoms with Crippen LogP contribution in [0.5, 0.6) is 0 Å². The van der Waals surface area contributed by atoms with Crippen molar-refractivity contribution in [2.75, 3.05) is 0 Å². The average Bonchev–Trinajstić information content (AvgIpc) is 2.35. The molecule has 1 unspecified atom stereocenters. The average molecular weight is 292 g/mol. The van der Waals surface area contributed by atoms with Gasteiger partial charge in [0.15, 0.2) is 0 Å². The maximum atomic E-state index is 5.65. The molecule has 0 aliphatic rings. The number of pyridine rings is 1. The Bertz CT molecular complexity index is 496. The molecular formula is C13H14BrN3. The van der Waals surface area contributed by atoms with Crippen molar-refractivity contribution in [3.05, 3.63) is 63.9 Å². The number of nitrogens with one attached hydrogen (secondary N) is 1. The summed E-state index contributed by atoms with van der Waals surface area (Å²) in [4.78, 5) is 4.15. The predicted octanol–water partition coefficient (Wildman–Crippen LogP) is 2.71. The molecule has 1 heterocycles. The minimum absolute atomic E-state index is 0.0307. The van der Waals surface area contributed by atoms with Gasteiger partial charge in [-0.25, -0.2) is 5.43 Å². The molecule has 0 saturated carbocycles. The fourth-order valence-corrected chi connectivity index (χ4v) is 2.06. The first kappa shape index (κ1) is 12.2. The van der Waals surface area contributed by atoms with E-state index in [9.17, 15) is 0 Å². The number of aromatic nitrogens is 1. The number of hydrogen-bond donors (Lipinski definition) is 2. The summed E-state index contributed by atoms with van der Waals surface area (Å²) in [7, 11) is 0. The minimum Gasteiger partial charge on any atom is -0.271 e. The van der Waals surface area contributed by atoms with Crippen LogP contribution in [0.3, 0.4) is 0 Å². The molecule has 0 amide bonds. The van der Waals surface area contributed by atoms with E-state index in [1.165, 1.54) is 5.56 Å². The molecule has 3 nitrogen and oxygen atoms in total. The maximum Gasteiger partial charge on any atom is 0.0727 e. The quantitative estimate of drug-likeness (QED) is 0.675. The Balaban J connectivity index is 2.40. The van der Waals surface area contributed by atoms with Gasteiger partial charge in [0.2, 0.25) is 0 Å². The largest absolute Gasteiger partial charge is 0.271 e. The van der Waals surface area contributed by atoms with E-state index in [4.69, 9.17) is 5.84 Å². The Hall–Kier alpha value is -1.23. The lowest BCUT2D eigenvalue weighted by atomic mass is 9.97. The van der Waals surface area contributed by atoms with Crippen molar-refractivity contribution < 1.29 is 0 Å². The normalized spacial score (nSPS) is 12.4. The number of hydrogen-bond acceptors (Lipinski definition) is 3. The molecule has 2 aromatic rings. The summed E-state index contributed by atoms with van der Waals surface area (Å²) >= 11 is 3.42. The molecular weight excluding hydrogens is 278 g/mol. The van der Waals surface area contributed by atoms with Crippen molar-refractivity contribution >= 4 is 15.9 Å². The highest BCUT2D eigenvalue weighted by Crippen LogP contribution is 2.24. The second kappa shape index (κ2) is 5.40. The summed E-state index contributed by atoms with van der Waals surface area (Å²) in [6.45, 7) is 2.06. The second-order valence-corrected chi connectivity index (χ2v) is 4.80. The highest BCUT2D eigenvalue weighted by Gasteiger charge is 2.14. The van der Waals surface area contributed by atoms with Crippen LogP contribution < -0.4 is 11.3 Å². The third-order valence-corrected chi connectivity index (χ3v) is 3.29. The van der Waals surface area contributed by atoms with Gasteiger partial charge in [-0.05, 0) is 41.8 Å². The van der Waals surface area contributed by atoms with Gasteiger partial charge in [-0.1, -0.05) is 28.1 Å². The van der Waals surface area contributed by atoms with Crippen LogP contribution in [0.4, 0.5) is 0 Å². The SMILES string of the molecule is Cc1ccncc1C(NN)c1ccc(Br)cc1. The highest BCUT2D eigenvalue weighted by molar-refractivity contribution is 9.10. The van der Waals surface area contributed by atoms with Crippen LogP contribution in [0.15, 0.2) is 47.2 Å². The topological polar surface area (TPSA) is 50.9 Å². The van der Waals surface area contributed by atoms with Crippen LogP contribution in [0, 0.1) is 6.92 Å². The van der Waals surface area contributed by atoms with E-state index in [-0.39, 0.29) is 6.04 Å². The van der Waals surface area contributed by atoms with E-state index >= 15 is 0 Å². The minimum atomic E-state index is -0.0307. The van der Waals surface area contributed by atoms with Crippen LogP contribution >= 0.6 is 15.9 Å². The number of aryl methyl sites for hydroxylation is 1. The zero-order valence-corrected chi connectivity index (χ0v) is 11.1. The molecule has 1 aromatic heterocycles. The van der Waals surface area contributed by atoms with Gasteiger partial charge in [0, 0.05) is 16.9 Å². The van der Waals surface area contributed by atoms with Crippen LogP contribution in [0.1, 0.15) is 22.7 Å². The van der Waals surface area contributed by atoms with E-state index in [1.807, 2.05) is 36.5 Å². The zero-order chi connectivity index (χ0) is 12.3. The first-order valence-corrected chi connectivity index (χ1v) is 6.14. The Morgan fingerprint density at radius 1 is 1.24 bits per heavy atom. The third-order valence-electron chi connectivity index (χ3n) is 2.76. The number of nitrogens with two attached hydrogens (primary N) is 1. The van der Waals surface area contributed by atoms with Crippen molar-refractivity contribution in [1.29, 1.82) is 0 Å². The molecule has 1 atom stereocenters. The summed E-state index contributed by atoms with van der Waals surface area (Å²) in [5.74, 6) is 5.65. The number of hydrazine groups is 1. The lowest BCUT2D eigenvalue weighted by Gasteiger charge is -2.18. The van der Waals surface area contributed by atoms with Gasteiger partial charge in [-0.3, -0.25) is 10.8 Å². The summed E-state index contributed by atoms with van der Waals surface area (Å²) in [6, 6.07) is 10.0. The molecule has 0 bridgehead atoms. The molecule has 0 aliphatic carbocycles. The molecule has 3 N–H and O–H groups in total. The fraction of sp³-hybridized carbons (Fsp3) is 0.154. The standard InChI is InChI=1S/C13H14BrN3/c1-9-6-7-16-8-12(9)13(17-15)10-2-4-11(14)5-3-10/h2-8,13,17H,15H2,1H3. The Kier molecular flexibility index (Phi) is 3.89. The van der Waals surface area contributed by atoms with Crippen LogP contribution in [-0.2, 0) is 0 Å². The van der Waals surface area contributed by atoms with Crippen molar-refractivity contribution in [1.82, 2.24) is 10.4 Å². The van der Waals surface area contributed by atoms with Crippen molar-refractivity contribution in [3.8, 4) is 0 Å². The van der Waals surface area contributed by atoms with E-state index < -0.39 is 0 Å². The second-order valence-electron chi connectivity index (χ2n) is 3.88. The molecule has 0 spiro atoms. The summed E-state index contributed by atoms with van der Waals surface area (Å²) < 4.78 is 1.06. The van der Waals surface area contributed by atoms with Gasteiger partial charge in [0.05, 0.1) is 6.04 Å². The molecule has 17 heavy (non-hydrogen) atoms. The Morgan fingerprint density at radius 2 is 1.94 bits per heavy atom. The Morgan fingerprint density at radius 3 is 2.53 bits per heavy atom. The van der Waals surface area contributed by atoms with E-state index in [0.717, 1.165) is 15.6 Å². The first-order chi connectivity index (χ1) is 8.22. The maximum absolute atomic E-state index is 5.65. The van der Waals surface area contributed by atoms with Crippen LogP contribution in [0.25, 0.3) is 0 Å². The Labute approximate surface area is 109 Å². The van der Waals surface area contributed by atoms with Gasteiger partial charge in [-0.2, -0.15) is 0 Å². The molecule has 1 aromatic carbocycles. The number of nitrogens with zero attached hydrogens (tertiary/aromatic N) is 1. The molecule has 0 fully saturated rings. The summed E-state index contributed by atoms with van der Waals surface area (Å²) in [6.07, 6.45) is 3.63. The lowest BCUT2D eigenvalue weighted by Crippen LogP contribution is -2.29. The monoisotopic (exact) mass is 291 g/mol. The molecule has 0 radical (unpaired) electrons. The van der Waals surface area contributed by atoms with E-state index in [1.54, 1.807) is 6.20 Å². The van der Waals surface area contributed by atoms with Gasteiger partial charge in [-0.15, -0.1) is 0 Å². The van der Waals surface area contributed by atoms with Gasteiger partial charge in [0.1, 0.15) is 0 Å². The summed E-state index contributed by atoms with van der Waals surface area (Å²) in [5.41, 5.74) is 6.22. The fourth-order valence-electron chi connectivity index (χ4n) is 1.80. The number of benzene rings is 1. The van der Waals surface area contributed by atoms with Crippen molar-refractivity contribution in [2.45, 2.75) is 13.0 Å². The molecule has 4 heteroatoms.